The molecule has 2 aromatic carbocycles. The molecule has 1 saturated carbocycles. The first-order chi connectivity index (χ1) is 23.3. The minimum atomic E-state index is -0.776. The molecule has 1 heterocycles. The SMILES string of the molecule is CC.CCC.CCCN=C/C(=C\N)c1cc(F)cc(C2(NC)CC2)c1.O=Cc1ccccc1CNC(=O)C(=O)NCC#Cc1nccs1. The highest BCUT2D eigenvalue weighted by atomic mass is 32.1. The standard InChI is InChI=1S/C16H22FN3.C16H13N3O3S.C3H8.C2H6/c1-3-6-20-11-13(10-18)12-7-14(9-15(17)8-12)16(19-2)4-5-16;20-11-13-5-2-1-4-12(13)10-19-16(22)15(21)18-7-3-6-14-17-8-9-23-14;1-3-2;1-2/h7-11,19H,3-6,18H2,1-2H3;1-2,4-5,8-9,11H,7,10H2,(H,18,21)(H,19,22);3H2,1-2H3;1-2H3/b13-10+,20-11?;;;. The molecule has 258 valence electrons. The predicted octanol–water partition coefficient (Wildman–Crippen LogP) is 6.00. The van der Waals surface area contributed by atoms with E-state index in [0.717, 1.165) is 42.5 Å². The summed E-state index contributed by atoms with van der Waals surface area (Å²) in [7, 11) is 1.92. The second-order valence-electron chi connectivity index (χ2n) is 10.2. The molecule has 48 heavy (non-hydrogen) atoms. The van der Waals surface area contributed by atoms with Gasteiger partial charge >= 0.3 is 11.8 Å². The van der Waals surface area contributed by atoms with Gasteiger partial charge in [-0.2, -0.15) is 0 Å². The van der Waals surface area contributed by atoms with Gasteiger partial charge in [0, 0.05) is 53.8 Å². The number of hydrogen-bond acceptors (Lipinski definition) is 8. The number of nitrogens with two attached hydrogens (primary N) is 1. The Morgan fingerprint density at radius 2 is 1.79 bits per heavy atom. The molecular weight excluding hydrogens is 628 g/mol. The molecule has 3 aromatic rings. The Hall–Kier alpha value is -4.66. The summed E-state index contributed by atoms with van der Waals surface area (Å²) in [6, 6.07) is 11.9. The summed E-state index contributed by atoms with van der Waals surface area (Å²) in [6.45, 7) is 11.2. The van der Waals surface area contributed by atoms with Crippen molar-refractivity contribution in [2.24, 2.45) is 10.7 Å². The number of carbonyl (C=O) groups excluding carboxylic acids is 3. The van der Waals surface area contributed by atoms with Gasteiger partial charge in [-0.3, -0.25) is 19.4 Å². The summed E-state index contributed by atoms with van der Waals surface area (Å²) in [5.74, 6) is 3.68. The van der Waals surface area contributed by atoms with E-state index < -0.39 is 11.8 Å². The van der Waals surface area contributed by atoms with Crippen LogP contribution in [0.3, 0.4) is 0 Å². The maximum Gasteiger partial charge on any atom is 0.310 e. The van der Waals surface area contributed by atoms with Crippen molar-refractivity contribution in [3.8, 4) is 11.8 Å². The minimum Gasteiger partial charge on any atom is -0.404 e. The van der Waals surface area contributed by atoms with Crippen LogP contribution in [0, 0.1) is 17.7 Å². The van der Waals surface area contributed by atoms with Crippen LogP contribution >= 0.6 is 11.3 Å². The van der Waals surface area contributed by atoms with Crippen molar-refractivity contribution >= 4 is 41.2 Å². The van der Waals surface area contributed by atoms with E-state index in [-0.39, 0.29) is 24.4 Å². The van der Waals surface area contributed by atoms with Crippen LogP contribution in [-0.2, 0) is 21.7 Å². The van der Waals surface area contributed by atoms with E-state index in [4.69, 9.17) is 5.73 Å². The molecule has 2 amide bonds. The van der Waals surface area contributed by atoms with E-state index in [9.17, 15) is 18.8 Å². The molecule has 0 bridgehead atoms. The molecular formula is C37H49FN6O3S. The van der Waals surface area contributed by atoms with Crippen molar-refractivity contribution in [1.29, 1.82) is 0 Å². The lowest BCUT2D eigenvalue weighted by Crippen LogP contribution is -2.39. The van der Waals surface area contributed by atoms with Crippen LogP contribution < -0.4 is 21.7 Å². The van der Waals surface area contributed by atoms with Crippen LogP contribution in [0.15, 0.2) is 65.2 Å². The van der Waals surface area contributed by atoms with E-state index in [1.165, 1.54) is 30.0 Å². The fourth-order valence-electron chi connectivity index (χ4n) is 4.02. The van der Waals surface area contributed by atoms with Crippen molar-refractivity contribution in [2.45, 2.75) is 72.4 Å². The molecule has 0 aliphatic heterocycles. The van der Waals surface area contributed by atoms with Gasteiger partial charge < -0.3 is 21.7 Å². The molecule has 1 aliphatic carbocycles. The highest BCUT2D eigenvalue weighted by molar-refractivity contribution is 7.10. The quantitative estimate of drug-likeness (QED) is 0.0900. The lowest BCUT2D eigenvalue weighted by atomic mass is 9.98. The zero-order chi connectivity index (χ0) is 35.8. The molecule has 0 unspecified atom stereocenters. The van der Waals surface area contributed by atoms with Gasteiger partial charge in [0.1, 0.15) is 12.1 Å². The Kier molecular flexibility index (Phi) is 20.4. The highest BCUT2D eigenvalue weighted by Crippen LogP contribution is 2.45. The highest BCUT2D eigenvalue weighted by Gasteiger charge is 2.43. The summed E-state index contributed by atoms with van der Waals surface area (Å²) in [4.78, 5) is 42.4. The second kappa shape index (κ2) is 23.6. The van der Waals surface area contributed by atoms with Crippen molar-refractivity contribution in [2.75, 3.05) is 20.1 Å². The summed E-state index contributed by atoms with van der Waals surface area (Å²) < 4.78 is 13.9. The molecule has 0 spiro atoms. The summed E-state index contributed by atoms with van der Waals surface area (Å²) in [5.41, 5.74) is 9.24. The van der Waals surface area contributed by atoms with Crippen LogP contribution in [0.4, 0.5) is 4.39 Å². The summed E-state index contributed by atoms with van der Waals surface area (Å²) in [5, 5.41) is 10.6. The van der Waals surface area contributed by atoms with Gasteiger partial charge in [0.15, 0.2) is 5.01 Å². The topological polar surface area (TPSA) is 139 Å². The van der Waals surface area contributed by atoms with E-state index in [1.807, 2.05) is 27.0 Å². The molecule has 0 saturated heterocycles. The number of amides is 2. The zero-order valence-corrected chi connectivity index (χ0v) is 29.7. The minimum absolute atomic E-state index is 0.0523. The van der Waals surface area contributed by atoms with Crippen molar-refractivity contribution in [3.05, 3.63) is 93.3 Å². The van der Waals surface area contributed by atoms with Gasteiger partial charge in [0.05, 0.1) is 6.54 Å². The molecule has 1 aromatic heterocycles. The second-order valence-corrected chi connectivity index (χ2v) is 11.1. The smallest absolute Gasteiger partial charge is 0.310 e. The van der Waals surface area contributed by atoms with E-state index in [2.05, 4.69) is 58.5 Å². The maximum absolute atomic E-state index is 13.9. The third-order valence-corrected chi connectivity index (χ3v) is 7.26. The molecule has 4 rings (SSSR count). The van der Waals surface area contributed by atoms with Crippen molar-refractivity contribution < 1.29 is 18.8 Å². The number of hydrogen-bond donors (Lipinski definition) is 4. The van der Waals surface area contributed by atoms with Gasteiger partial charge in [-0.05, 0) is 67.1 Å². The third kappa shape index (κ3) is 14.4. The Bertz CT molecular complexity index is 1540. The number of nitrogens with one attached hydrogen (secondary N) is 3. The van der Waals surface area contributed by atoms with Gasteiger partial charge in [-0.15, -0.1) is 11.3 Å². The Balaban J connectivity index is 0.000000426. The largest absolute Gasteiger partial charge is 0.404 e. The number of nitrogens with zero attached hydrogens (tertiary/aromatic N) is 2. The predicted molar refractivity (Wildman–Crippen MR) is 195 cm³/mol. The third-order valence-electron chi connectivity index (χ3n) is 6.57. The first-order valence-electron chi connectivity index (χ1n) is 16.2. The Morgan fingerprint density at radius 1 is 1.10 bits per heavy atom. The van der Waals surface area contributed by atoms with Crippen LogP contribution in [0.25, 0.3) is 5.57 Å². The fraction of sp³-hybridized carbons (Fsp3) is 0.378. The van der Waals surface area contributed by atoms with E-state index in [1.54, 1.807) is 48.1 Å². The number of halogens is 1. The lowest BCUT2D eigenvalue weighted by molar-refractivity contribution is -0.139. The molecule has 5 N–H and O–H groups in total. The molecule has 1 fully saturated rings. The molecule has 0 atom stereocenters. The van der Waals surface area contributed by atoms with Gasteiger partial charge in [-0.1, -0.05) is 71.2 Å². The fourth-order valence-corrected chi connectivity index (χ4v) is 4.53. The van der Waals surface area contributed by atoms with Crippen LogP contribution in [0.5, 0.6) is 0 Å². The Labute approximate surface area is 288 Å². The number of aldehydes is 1. The van der Waals surface area contributed by atoms with E-state index in [0.29, 0.717) is 22.4 Å². The van der Waals surface area contributed by atoms with Crippen LogP contribution in [0.1, 0.15) is 92.4 Å². The average Bonchev–Trinajstić information content (AvgIpc) is 3.75. The summed E-state index contributed by atoms with van der Waals surface area (Å²) in [6.07, 6.45) is 9.85. The molecule has 9 nitrogen and oxygen atoms in total. The van der Waals surface area contributed by atoms with Crippen LogP contribution in [-0.4, -0.2) is 49.4 Å². The Morgan fingerprint density at radius 3 is 2.38 bits per heavy atom. The number of aromatic nitrogens is 1. The first-order valence-corrected chi connectivity index (χ1v) is 17.0. The van der Waals surface area contributed by atoms with Gasteiger partial charge in [0.25, 0.3) is 0 Å². The number of allylic oxidation sites excluding steroid dienone is 1. The molecule has 1 aliphatic rings. The van der Waals surface area contributed by atoms with Crippen molar-refractivity contribution in [1.82, 2.24) is 20.9 Å². The lowest BCUT2D eigenvalue weighted by Gasteiger charge is -2.16. The van der Waals surface area contributed by atoms with Crippen LogP contribution in [0.2, 0.25) is 0 Å². The number of carbonyl (C=O) groups is 3. The molecule has 0 radical (unpaired) electrons. The number of benzene rings is 2. The summed E-state index contributed by atoms with van der Waals surface area (Å²) >= 11 is 1.39. The normalized spacial score (nSPS) is 12.4. The number of aliphatic imine (C=N–C) groups is 1. The number of thiazole rings is 1. The first kappa shape index (κ1) is 41.4. The average molecular weight is 677 g/mol. The maximum atomic E-state index is 13.9. The monoisotopic (exact) mass is 676 g/mol. The van der Waals surface area contributed by atoms with Crippen molar-refractivity contribution in [3.63, 3.8) is 0 Å². The molecule has 11 heteroatoms. The van der Waals surface area contributed by atoms with Gasteiger partial charge in [-0.25, -0.2) is 9.37 Å². The van der Waals surface area contributed by atoms with E-state index >= 15 is 0 Å². The zero-order valence-electron chi connectivity index (χ0n) is 28.9. The van der Waals surface area contributed by atoms with Gasteiger partial charge in [0.2, 0.25) is 0 Å². The number of rotatable bonds is 10.